The van der Waals surface area contributed by atoms with Gasteiger partial charge in [-0.25, -0.2) is 0 Å². The van der Waals surface area contributed by atoms with Crippen LogP contribution in [0.3, 0.4) is 0 Å². The molecule has 3 nitrogen and oxygen atoms in total. The molecule has 0 heterocycles. The van der Waals surface area contributed by atoms with Crippen LogP contribution in [0.5, 0.6) is 0 Å². The number of rotatable bonds is 1. The maximum absolute atomic E-state index is 11.3. The topological polar surface area (TPSA) is 50.1 Å². The van der Waals surface area contributed by atoms with Gasteiger partial charge in [-0.2, -0.15) is 5.26 Å². The van der Waals surface area contributed by atoms with Gasteiger partial charge in [0.25, 0.3) is 0 Å². The van der Waals surface area contributed by atoms with E-state index in [4.69, 9.17) is 4.74 Å². The third kappa shape index (κ3) is 2.47. The van der Waals surface area contributed by atoms with Crippen molar-refractivity contribution in [2.75, 3.05) is 0 Å². The van der Waals surface area contributed by atoms with Gasteiger partial charge in [-0.05, 0) is 73.5 Å². The summed E-state index contributed by atoms with van der Waals surface area (Å²) in [5.74, 6) is 2.33. The summed E-state index contributed by atoms with van der Waals surface area (Å²) in [5, 5.41) is 9.60. The second-order valence-electron chi connectivity index (χ2n) is 9.54. The van der Waals surface area contributed by atoms with E-state index in [1.165, 1.54) is 32.6 Å². The van der Waals surface area contributed by atoms with Crippen molar-refractivity contribution in [3.05, 3.63) is 11.6 Å². The smallest absolute Gasteiger partial charge is 0.302 e. The predicted octanol–water partition coefficient (Wildman–Crippen LogP) is 5.02. The first-order valence-corrected chi connectivity index (χ1v) is 10.1. The Morgan fingerprint density at radius 1 is 1.20 bits per heavy atom. The van der Waals surface area contributed by atoms with E-state index in [1.807, 2.05) is 0 Å². The van der Waals surface area contributed by atoms with Gasteiger partial charge >= 0.3 is 5.97 Å². The van der Waals surface area contributed by atoms with E-state index in [0.717, 1.165) is 43.4 Å². The van der Waals surface area contributed by atoms with Crippen molar-refractivity contribution in [3.63, 3.8) is 0 Å². The van der Waals surface area contributed by atoms with Gasteiger partial charge in [-0.3, -0.25) is 4.79 Å². The highest BCUT2D eigenvalue weighted by Gasteiger charge is 2.58. The van der Waals surface area contributed by atoms with Crippen molar-refractivity contribution in [2.45, 2.75) is 78.2 Å². The van der Waals surface area contributed by atoms with Gasteiger partial charge in [-0.1, -0.05) is 25.5 Å². The largest absolute Gasteiger partial charge is 0.462 e. The van der Waals surface area contributed by atoms with E-state index in [0.29, 0.717) is 0 Å². The van der Waals surface area contributed by atoms with Crippen LogP contribution in [0.2, 0.25) is 0 Å². The van der Waals surface area contributed by atoms with Gasteiger partial charge in [0.1, 0.15) is 6.10 Å². The van der Waals surface area contributed by atoms with Crippen LogP contribution in [0.1, 0.15) is 72.1 Å². The normalized spacial score (nSPS) is 48.4. The molecule has 3 fully saturated rings. The molecule has 0 bridgehead atoms. The van der Waals surface area contributed by atoms with Gasteiger partial charge < -0.3 is 4.74 Å². The highest BCUT2D eigenvalue weighted by Crippen LogP contribution is 2.66. The second-order valence-corrected chi connectivity index (χ2v) is 9.54. The van der Waals surface area contributed by atoms with E-state index in [1.54, 1.807) is 5.57 Å². The van der Waals surface area contributed by atoms with Crippen LogP contribution in [-0.4, -0.2) is 12.1 Å². The highest BCUT2D eigenvalue weighted by atomic mass is 16.5. The Bertz CT molecular complexity index is 647. The second kappa shape index (κ2) is 5.86. The zero-order valence-corrected chi connectivity index (χ0v) is 15.9. The molecule has 0 unspecified atom stereocenters. The fourth-order valence-electron chi connectivity index (χ4n) is 7.18. The molecule has 0 saturated heterocycles. The Kier molecular flexibility index (Phi) is 4.02. The van der Waals surface area contributed by atoms with E-state index >= 15 is 0 Å². The van der Waals surface area contributed by atoms with Crippen molar-refractivity contribution in [2.24, 2.45) is 34.5 Å². The van der Waals surface area contributed by atoms with Gasteiger partial charge in [0, 0.05) is 13.3 Å². The highest BCUT2D eigenvalue weighted by molar-refractivity contribution is 5.66. The maximum Gasteiger partial charge on any atom is 0.302 e. The number of nitrogens with zero attached hydrogens (tertiary/aromatic N) is 1. The van der Waals surface area contributed by atoms with Crippen molar-refractivity contribution >= 4 is 5.97 Å². The quantitative estimate of drug-likeness (QED) is 0.497. The zero-order chi connectivity index (χ0) is 17.8. The fourth-order valence-corrected chi connectivity index (χ4v) is 7.18. The lowest BCUT2D eigenvalue weighted by molar-refractivity contribution is -0.148. The number of fused-ring (bicyclic) bond motifs is 5. The number of allylic oxidation sites excluding steroid dienone is 1. The molecule has 4 aliphatic carbocycles. The first-order chi connectivity index (χ1) is 11.9. The molecular weight excluding hydrogens is 310 g/mol. The molecule has 7 atom stereocenters. The van der Waals surface area contributed by atoms with Gasteiger partial charge in [0.05, 0.1) is 12.0 Å². The van der Waals surface area contributed by atoms with Gasteiger partial charge in [0.2, 0.25) is 0 Å². The number of carbonyl (C=O) groups is 1. The number of carbonyl (C=O) groups excluding carboxylic acids is 1. The molecule has 136 valence electrons. The lowest BCUT2D eigenvalue weighted by Gasteiger charge is -2.57. The monoisotopic (exact) mass is 341 g/mol. The fraction of sp³-hybridized carbons (Fsp3) is 0.818. The summed E-state index contributed by atoms with van der Waals surface area (Å²) in [7, 11) is 0. The summed E-state index contributed by atoms with van der Waals surface area (Å²) in [5.41, 5.74) is 2.07. The van der Waals surface area contributed by atoms with Crippen LogP contribution in [0.15, 0.2) is 11.6 Å². The number of ether oxygens (including phenoxy) is 1. The van der Waals surface area contributed by atoms with Crippen LogP contribution < -0.4 is 0 Å². The SMILES string of the molecule is CC(=O)O[C@H]1CC[C@]2(C)C(=CC[C@@H]3[C@H]4CC[C@@H](C#N)[C@]4(C)CC[C@H]32)C1. The molecule has 3 heteroatoms. The molecule has 25 heavy (non-hydrogen) atoms. The number of esters is 1. The average molecular weight is 341 g/mol. The maximum atomic E-state index is 11.3. The standard InChI is InChI=1S/C22H31NO2/c1-14(24)25-17-8-10-21(2)15(12-17)4-6-18-19-7-5-16(13-23)22(19,3)11-9-20(18)21/h4,16-20H,5-12H2,1-3H3/t16-,17-,18+,19+,20+,21+,22-/m0/s1. The molecule has 4 aliphatic rings. The summed E-state index contributed by atoms with van der Waals surface area (Å²) in [6.45, 7) is 6.39. The summed E-state index contributed by atoms with van der Waals surface area (Å²) >= 11 is 0. The Morgan fingerprint density at radius 2 is 2.00 bits per heavy atom. The lowest BCUT2D eigenvalue weighted by Crippen LogP contribution is -2.50. The van der Waals surface area contributed by atoms with Crippen LogP contribution in [-0.2, 0) is 9.53 Å². The predicted molar refractivity (Wildman–Crippen MR) is 96.4 cm³/mol. The van der Waals surface area contributed by atoms with Crippen molar-refractivity contribution < 1.29 is 9.53 Å². The summed E-state index contributed by atoms with van der Waals surface area (Å²) < 4.78 is 5.52. The van der Waals surface area contributed by atoms with E-state index < -0.39 is 0 Å². The third-order valence-electron chi connectivity index (χ3n) is 8.55. The molecule has 0 amide bonds. The van der Waals surface area contributed by atoms with Gasteiger partial charge in [0.15, 0.2) is 0 Å². The molecular formula is C22H31NO2. The first kappa shape index (κ1) is 17.1. The molecule has 0 aliphatic heterocycles. The molecule has 3 saturated carbocycles. The molecule has 4 rings (SSSR count). The Morgan fingerprint density at radius 3 is 2.72 bits per heavy atom. The van der Waals surface area contributed by atoms with E-state index in [-0.39, 0.29) is 28.8 Å². The van der Waals surface area contributed by atoms with Crippen molar-refractivity contribution in [1.82, 2.24) is 0 Å². The minimum atomic E-state index is -0.148. The van der Waals surface area contributed by atoms with Crippen molar-refractivity contribution in [3.8, 4) is 6.07 Å². The Hall–Kier alpha value is -1.30. The minimum absolute atomic E-state index is 0.0803. The molecule has 0 aromatic carbocycles. The molecule has 0 spiro atoms. The Balaban J connectivity index is 1.59. The number of hydrogen-bond acceptors (Lipinski definition) is 3. The molecule has 0 N–H and O–H groups in total. The van der Waals surface area contributed by atoms with Crippen LogP contribution in [0.4, 0.5) is 0 Å². The number of hydrogen-bond donors (Lipinski definition) is 0. The van der Waals surface area contributed by atoms with Crippen LogP contribution in [0.25, 0.3) is 0 Å². The number of nitriles is 1. The third-order valence-corrected chi connectivity index (χ3v) is 8.55. The zero-order valence-electron chi connectivity index (χ0n) is 15.9. The molecule has 0 radical (unpaired) electrons. The average Bonchev–Trinajstić information content (AvgIpc) is 2.91. The van der Waals surface area contributed by atoms with Gasteiger partial charge in [-0.15, -0.1) is 0 Å². The summed E-state index contributed by atoms with van der Waals surface area (Å²) in [4.78, 5) is 11.3. The minimum Gasteiger partial charge on any atom is -0.462 e. The van der Waals surface area contributed by atoms with E-state index in [2.05, 4.69) is 26.0 Å². The summed E-state index contributed by atoms with van der Waals surface area (Å²) in [6, 6.07) is 2.63. The summed E-state index contributed by atoms with van der Waals surface area (Å²) in [6.07, 6.45) is 11.6. The van der Waals surface area contributed by atoms with E-state index in [9.17, 15) is 10.1 Å². The van der Waals surface area contributed by atoms with Crippen LogP contribution in [0, 0.1) is 45.8 Å². The Labute approximate surface area is 151 Å². The molecule has 0 aromatic heterocycles. The molecule has 0 aromatic rings. The lowest BCUT2D eigenvalue weighted by atomic mass is 9.47. The van der Waals surface area contributed by atoms with Crippen LogP contribution >= 0.6 is 0 Å². The first-order valence-electron chi connectivity index (χ1n) is 10.1. The van der Waals surface area contributed by atoms with Crippen molar-refractivity contribution in [1.29, 1.82) is 5.26 Å².